The molecule has 0 atom stereocenters. The van der Waals surface area contributed by atoms with Gasteiger partial charge in [0.25, 0.3) is 0 Å². The first-order chi connectivity index (χ1) is 8.86. The Labute approximate surface area is 125 Å². The molecule has 1 heterocycles. The molecule has 0 amide bonds. The molecule has 0 aliphatic heterocycles. The first kappa shape index (κ1) is 14.5. The number of hydrogen-bond donors (Lipinski definition) is 1. The van der Waals surface area contributed by atoms with Gasteiger partial charge in [-0.2, -0.15) is 0 Å². The summed E-state index contributed by atoms with van der Waals surface area (Å²) in [6.07, 6.45) is 0. The molecule has 1 aromatic heterocycles. The van der Waals surface area contributed by atoms with Crippen LogP contribution in [0.25, 0.3) is 0 Å². The molecule has 2 rings (SSSR count). The maximum atomic E-state index is 13.6. The predicted molar refractivity (Wildman–Crippen MR) is 82.2 cm³/mol. The van der Waals surface area contributed by atoms with Crippen molar-refractivity contribution < 1.29 is 4.39 Å². The molecule has 5 heteroatoms. The minimum absolute atomic E-state index is 0.0595. The number of hydrogen-bond acceptors (Lipinski definition) is 3. The fourth-order valence-corrected chi connectivity index (χ4v) is 2.82. The highest BCUT2D eigenvalue weighted by molar-refractivity contribution is 9.10. The summed E-state index contributed by atoms with van der Waals surface area (Å²) in [7, 11) is 0. The third-order valence-electron chi connectivity index (χ3n) is 2.58. The fourth-order valence-electron chi connectivity index (χ4n) is 1.55. The number of aromatic nitrogens is 1. The quantitative estimate of drug-likeness (QED) is 0.853. The molecule has 0 aliphatic rings. The third-order valence-corrected chi connectivity index (χ3v) is 4.39. The van der Waals surface area contributed by atoms with Crippen LogP contribution < -0.4 is 5.32 Å². The van der Waals surface area contributed by atoms with E-state index in [-0.39, 0.29) is 11.2 Å². The smallest absolute Gasteiger partial charge is 0.146 e. The topological polar surface area (TPSA) is 24.9 Å². The van der Waals surface area contributed by atoms with Gasteiger partial charge in [0.05, 0.1) is 22.9 Å². The van der Waals surface area contributed by atoms with Gasteiger partial charge in [0.15, 0.2) is 0 Å². The van der Waals surface area contributed by atoms with E-state index in [4.69, 9.17) is 0 Å². The molecule has 0 saturated carbocycles. The lowest BCUT2D eigenvalue weighted by molar-refractivity contribution is 0.583. The number of halogens is 2. The molecule has 2 nitrogen and oxygen atoms in total. The minimum atomic E-state index is -0.255. The third kappa shape index (κ3) is 3.76. The molecule has 0 spiro atoms. The lowest BCUT2D eigenvalue weighted by Gasteiger charge is -2.13. The van der Waals surface area contributed by atoms with E-state index in [1.54, 1.807) is 23.5 Å². The molecule has 0 unspecified atom stereocenters. The Hall–Kier alpha value is -0.940. The van der Waals surface area contributed by atoms with E-state index in [1.165, 1.54) is 6.07 Å². The summed E-state index contributed by atoms with van der Waals surface area (Å²) < 4.78 is 14.4. The monoisotopic (exact) mass is 342 g/mol. The Morgan fingerprint density at radius 3 is 2.74 bits per heavy atom. The van der Waals surface area contributed by atoms with Crippen LogP contribution in [0.1, 0.15) is 31.5 Å². The largest absolute Gasteiger partial charge is 0.377 e. The van der Waals surface area contributed by atoms with Crippen LogP contribution in [0.4, 0.5) is 10.1 Å². The van der Waals surface area contributed by atoms with Crippen LogP contribution in [-0.2, 0) is 12.0 Å². The summed E-state index contributed by atoms with van der Waals surface area (Å²) in [5.41, 5.74) is 1.48. The average molecular weight is 343 g/mol. The van der Waals surface area contributed by atoms with E-state index in [0.29, 0.717) is 12.2 Å². The van der Waals surface area contributed by atoms with Crippen LogP contribution in [-0.4, -0.2) is 4.98 Å². The first-order valence-corrected chi connectivity index (χ1v) is 7.67. The second-order valence-corrected chi connectivity index (χ2v) is 7.15. The van der Waals surface area contributed by atoms with Gasteiger partial charge < -0.3 is 5.32 Å². The number of nitrogens with zero attached hydrogens (tertiary/aromatic N) is 1. The van der Waals surface area contributed by atoms with Gasteiger partial charge in [-0.05, 0) is 18.2 Å². The van der Waals surface area contributed by atoms with E-state index in [0.717, 1.165) is 15.2 Å². The number of anilines is 1. The van der Waals surface area contributed by atoms with Crippen molar-refractivity contribution in [3.8, 4) is 0 Å². The van der Waals surface area contributed by atoms with Crippen molar-refractivity contribution in [2.24, 2.45) is 0 Å². The summed E-state index contributed by atoms with van der Waals surface area (Å²) in [5, 5.41) is 6.19. The van der Waals surface area contributed by atoms with Gasteiger partial charge in [0.1, 0.15) is 5.82 Å². The Bertz CT molecular complexity index is 575. The average Bonchev–Trinajstić information content (AvgIpc) is 2.79. The molecular weight excluding hydrogens is 327 g/mol. The predicted octanol–water partition coefficient (Wildman–Crippen LogP) is 4.95. The fraction of sp³-hybridized carbons (Fsp3) is 0.357. The van der Waals surface area contributed by atoms with E-state index < -0.39 is 0 Å². The van der Waals surface area contributed by atoms with Gasteiger partial charge in [0, 0.05) is 15.3 Å². The zero-order chi connectivity index (χ0) is 14.0. The van der Waals surface area contributed by atoms with Crippen molar-refractivity contribution in [2.45, 2.75) is 32.7 Å². The standard InChI is InChI=1S/C14H16BrFN2S/c1-14(2,3)13-18-10(8-19-13)7-17-12-6-9(15)4-5-11(12)16/h4-6,8,17H,7H2,1-3H3. The lowest BCUT2D eigenvalue weighted by atomic mass is 9.98. The Morgan fingerprint density at radius 1 is 1.37 bits per heavy atom. The molecular formula is C14H16BrFN2S. The van der Waals surface area contributed by atoms with Crippen LogP contribution in [0.15, 0.2) is 28.1 Å². The van der Waals surface area contributed by atoms with Crippen molar-refractivity contribution in [3.63, 3.8) is 0 Å². The second kappa shape index (κ2) is 5.59. The molecule has 0 fully saturated rings. The van der Waals surface area contributed by atoms with Gasteiger partial charge in [-0.3, -0.25) is 0 Å². The number of rotatable bonds is 3. The van der Waals surface area contributed by atoms with Crippen molar-refractivity contribution in [2.75, 3.05) is 5.32 Å². The molecule has 0 radical (unpaired) electrons. The summed E-state index contributed by atoms with van der Waals surface area (Å²) in [6, 6.07) is 4.85. The van der Waals surface area contributed by atoms with E-state index in [9.17, 15) is 4.39 Å². The molecule has 2 aromatic rings. The molecule has 1 aromatic carbocycles. The summed E-state index contributed by atoms with van der Waals surface area (Å²) in [6.45, 7) is 6.94. The highest BCUT2D eigenvalue weighted by Gasteiger charge is 2.17. The maximum Gasteiger partial charge on any atom is 0.146 e. The zero-order valence-electron chi connectivity index (χ0n) is 11.1. The van der Waals surface area contributed by atoms with Crippen molar-refractivity contribution >= 4 is 33.0 Å². The van der Waals surface area contributed by atoms with E-state index in [1.807, 2.05) is 5.38 Å². The van der Waals surface area contributed by atoms with Gasteiger partial charge >= 0.3 is 0 Å². The Morgan fingerprint density at radius 2 is 2.11 bits per heavy atom. The highest BCUT2D eigenvalue weighted by Crippen LogP contribution is 2.26. The first-order valence-electron chi connectivity index (χ1n) is 6.00. The van der Waals surface area contributed by atoms with Gasteiger partial charge in [0.2, 0.25) is 0 Å². The van der Waals surface area contributed by atoms with Gasteiger partial charge in [-0.15, -0.1) is 11.3 Å². The van der Waals surface area contributed by atoms with Crippen molar-refractivity contribution in [3.05, 3.63) is 44.6 Å². The molecule has 0 bridgehead atoms. The van der Waals surface area contributed by atoms with Crippen molar-refractivity contribution in [1.29, 1.82) is 0 Å². The molecule has 0 saturated heterocycles. The van der Waals surface area contributed by atoms with Crippen LogP contribution >= 0.6 is 27.3 Å². The van der Waals surface area contributed by atoms with Crippen molar-refractivity contribution in [1.82, 2.24) is 4.98 Å². The van der Waals surface area contributed by atoms with E-state index >= 15 is 0 Å². The molecule has 0 aliphatic carbocycles. The Kier molecular flexibility index (Phi) is 4.26. The zero-order valence-corrected chi connectivity index (χ0v) is 13.5. The molecule has 1 N–H and O–H groups in total. The van der Waals surface area contributed by atoms with E-state index in [2.05, 4.69) is 47.0 Å². The highest BCUT2D eigenvalue weighted by atomic mass is 79.9. The number of nitrogens with one attached hydrogen (secondary N) is 1. The SMILES string of the molecule is CC(C)(C)c1nc(CNc2cc(Br)ccc2F)cs1. The lowest BCUT2D eigenvalue weighted by Crippen LogP contribution is -2.11. The van der Waals surface area contributed by atoms with Crippen LogP contribution in [0.2, 0.25) is 0 Å². The maximum absolute atomic E-state index is 13.6. The normalized spacial score (nSPS) is 11.6. The van der Waals surface area contributed by atoms with Crippen LogP contribution in [0.3, 0.4) is 0 Å². The van der Waals surface area contributed by atoms with Crippen LogP contribution in [0, 0.1) is 5.82 Å². The number of benzene rings is 1. The molecule has 102 valence electrons. The minimum Gasteiger partial charge on any atom is -0.377 e. The van der Waals surface area contributed by atoms with Gasteiger partial charge in [-0.1, -0.05) is 36.7 Å². The second-order valence-electron chi connectivity index (χ2n) is 5.37. The Balaban J connectivity index is 2.06. The number of thiazole rings is 1. The summed E-state index contributed by atoms with van der Waals surface area (Å²) >= 11 is 4.98. The summed E-state index contributed by atoms with van der Waals surface area (Å²) in [4.78, 5) is 4.57. The summed E-state index contributed by atoms with van der Waals surface area (Å²) in [5.74, 6) is -0.255. The molecule has 19 heavy (non-hydrogen) atoms. The van der Waals surface area contributed by atoms with Gasteiger partial charge in [-0.25, -0.2) is 9.37 Å². The van der Waals surface area contributed by atoms with Crippen LogP contribution in [0.5, 0.6) is 0 Å².